The molecule has 1 fully saturated rings. The first-order valence-corrected chi connectivity index (χ1v) is 9.27. The number of aromatic nitrogens is 1. The van der Waals surface area contributed by atoms with Crippen LogP contribution in [0.15, 0.2) is 60.7 Å². The number of hydroxylamine groups is 1. The Morgan fingerprint density at radius 2 is 1.75 bits per heavy atom. The molecule has 0 spiro atoms. The molecule has 0 bridgehead atoms. The highest BCUT2D eigenvalue weighted by molar-refractivity contribution is 5.92. The van der Waals surface area contributed by atoms with Crippen molar-refractivity contribution in [3.05, 3.63) is 77.6 Å². The first-order chi connectivity index (χ1) is 13.7. The molecule has 1 atom stereocenters. The molecular formula is C22H23N3O3. The number of nitrogens with zero attached hydrogens (tertiary/aromatic N) is 2. The predicted molar refractivity (Wildman–Crippen MR) is 107 cm³/mol. The molecule has 0 unspecified atom stereocenters. The summed E-state index contributed by atoms with van der Waals surface area (Å²) in [6.45, 7) is 1.48. The highest BCUT2D eigenvalue weighted by atomic mass is 16.5. The van der Waals surface area contributed by atoms with Gasteiger partial charge in [-0.15, -0.1) is 0 Å². The fraction of sp³-hybridized carbons (Fsp3) is 0.227. The number of carbonyl (C=O) groups is 2. The minimum absolute atomic E-state index is 0.0250. The van der Waals surface area contributed by atoms with Crippen LogP contribution in [0.25, 0.3) is 12.2 Å². The van der Waals surface area contributed by atoms with E-state index < -0.39 is 5.91 Å². The van der Waals surface area contributed by atoms with Crippen LogP contribution in [0, 0.1) is 0 Å². The summed E-state index contributed by atoms with van der Waals surface area (Å²) < 4.78 is 0. The Hall–Kier alpha value is -3.25. The van der Waals surface area contributed by atoms with E-state index in [0.717, 1.165) is 25.9 Å². The van der Waals surface area contributed by atoms with E-state index in [0.29, 0.717) is 17.3 Å². The van der Waals surface area contributed by atoms with E-state index in [1.165, 1.54) is 23.2 Å². The number of likely N-dealkylation sites (tertiary alicyclic amines) is 1. The summed E-state index contributed by atoms with van der Waals surface area (Å²) in [7, 11) is 0. The quantitative estimate of drug-likeness (QED) is 0.477. The van der Waals surface area contributed by atoms with Gasteiger partial charge in [-0.3, -0.25) is 14.8 Å². The number of piperidine rings is 1. The van der Waals surface area contributed by atoms with Gasteiger partial charge >= 0.3 is 0 Å². The van der Waals surface area contributed by atoms with E-state index in [1.807, 2.05) is 23.1 Å². The topological polar surface area (TPSA) is 82.5 Å². The molecule has 6 heteroatoms. The van der Waals surface area contributed by atoms with Gasteiger partial charge < -0.3 is 4.90 Å². The van der Waals surface area contributed by atoms with Gasteiger partial charge in [0.25, 0.3) is 5.91 Å². The average Bonchev–Trinajstić information content (AvgIpc) is 2.76. The molecule has 144 valence electrons. The lowest BCUT2D eigenvalue weighted by Gasteiger charge is -2.32. The zero-order valence-electron chi connectivity index (χ0n) is 15.5. The predicted octanol–water partition coefficient (Wildman–Crippen LogP) is 3.02. The first-order valence-electron chi connectivity index (χ1n) is 9.27. The summed E-state index contributed by atoms with van der Waals surface area (Å²) in [5.41, 5.74) is 3.98. The van der Waals surface area contributed by atoms with Crippen LogP contribution in [0.5, 0.6) is 0 Å². The van der Waals surface area contributed by atoms with Gasteiger partial charge in [-0.1, -0.05) is 36.4 Å². The van der Waals surface area contributed by atoms with Gasteiger partial charge in [0, 0.05) is 31.2 Å². The highest BCUT2D eigenvalue weighted by Gasteiger charge is 2.23. The van der Waals surface area contributed by atoms with Crippen molar-refractivity contribution in [3.8, 4) is 0 Å². The Labute approximate surface area is 164 Å². The van der Waals surface area contributed by atoms with Gasteiger partial charge in [0.05, 0.1) is 11.4 Å². The molecule has 0 radical (unpaired) electrons. The maximum Gasteiger partial charge on any atom is 0.267 e. The third kappa shape index (κ3) is 5.37. The standard InChI is InChI=1S/C22H23N3O3/c26-21(24-28)13-11-19-9-4-10-20(23-19)12-14-22(27)25-15-5-8-18(16-25)17-6-2-1-3-7-17/h1-4,6-7,9-14,18,28H,5,8,15-16H2,(H,24,26)/b13-11+,14-12+/t18-/m1/s1. The second kappa shape index (κ2) is 9.62. The zero-order valence-corrected chi connectivity index (χ0v) is 15.5. The second-order valence-electron chi connectivity index (χ2n) is 6.66. The molecule has 0 saturated carbocycles. The lowest BCUT2D eigenvalue weighted by Crippen LogP contribution is -2.38. The van der Waals surface area contributed by atoms with Crippen LogP contribution in [-0.2, 0) is 9.59 Å². The van der Waals surface area contributed by atoms with E-state index in [2.05, 4.69) is 17.1 Å². The van der Waals surface area contributed by atoms with Gasteiger partial charge in [-0.05, 0) is 42.7 Å². The van der Waals surface area contributed by atoms with Gasteiger partial charge in [-0.25, -0.2) is 10.5 Å². The molecule has 2 amide bonds. The SMILES string of the molecule is O=C(/C=C/c1cccc(/C=C/C(=O)N2CCC[C@@H](c3ccccc3)C2)n1)NO. The number of rotatable bonds is 5. The Morgan fingerprint density at radius 1 is 1.04 bits per heavy atom. The van der Waals surface area contributed by atoms with Crippen molar-refractivity contribution in [1.29, 1.82) is 0 Å². The van der Waals surface area contributed by atoms with Crippen LogP contribution in [0.3, 0.4) is 0 Å². The van der Waals surface area contributed by atoms with Crippen molar-refractivity contribution in [2.75, 3.05) is 13.1 Å². The molecule has 1 aromatic carbocycles. The number of benzene rings is 1. The molecule has 1 aromatic heterocycles. The largest absolute Gasteiger partial charge is 0.339 e. The molecule has 1 aliphatic heterocycles. The van der Waals surface area contributed by atoms with E-state index in [1.54, 1.807) is 30.4 Å². The van der Waals surface area contributed by atoms with Crippen molar-refractivity contribution >= 4 is 24.0 Å². The molecule has 0 aliphatic carbocycles. The molecule has 2 N–H and O–H groups in total. The summed E-state index contributed by atoms with van der Waals surface area (Å²) >= 11 is 0. The number of pyridine rings is 1. The molecule has 1 saturated heterocycles. The summed E-state index contributed by atoms with van der Waals surface area (Å²) in [6, 6.07) is 15.6. The Balaban J connectivity index is 1.63. The van der Waals surface area contributed by atoms with Crippen LogP contribution >= 0.6 is 0 Å². The third-order valence-electron chi connectivity index (χ3n) is 4.71. The van der Waals surface area contributed by atoms with Gasteiger partial charge in [0.15, 0.2) is 0 Å². The van der Waals surface area contributed by atoms with Gasteiger partial charge in [-0.2, -0.15) is 0 Å². The molecule has 1 aliphatic rings. The fourth-order valence-corrected chi connectivity index (χ4v) is 3.29. The molecular weight excluding hydrogens is 354 g/mol. The number of hydrogen-bond donors (Lipinski definition) is 2. The monoisotopic (exact) mass is 377 g/mol. The van der Waals surface area contributed by atoms with Crippen molar-refractivity contribution in [2.45, 2.75) is 18.8 Å². The zero-order chi connectivity index (χ0) is 19.8. The maximum atomic E-state index is 12.6. The van der Waals surface area contributed by atoms with Gasteiger partial charge in [0.1, 0.15) is 0 Å². The average molecular weight is 377 g/mol. The van der Waals surface area contributed by atoms with Crippen molar-refractivity contribution in [1.82, 2.24) is 15.4 Å². The number of carbonyl (C=O) groups excluding carboxylic acids is 2. The second-order valence-corrected chi connectivity index (χ2v) is 6.66. The van der Waals surface area contributed by atoms with Crippen LogP contribution in [0.4, 0.5) is 0 Å². The summed E-state index contributed by atoms with van der Waals surface area (Å²) in [5, 5.41) is 8.50. The van der Waals surface area contributed by atoms with E-state index in [-0.39, 0.29) is 5.91 Å². The van der Waals surface area contributed by atoms with Crippen molar-refractivity contribution in [3.63, 3.8) is 0 Å². The van der Waals surface area contributed by atoms with Crippen LogP contribution in [-0.4, -0.2) is 40.0 Å². The Kier molecular flexibility index (Phi) is 6.70. The molecule has 28 heavy (non-hydrogen) atoms. The van der Waals surface area contributed by atoms with Crippen LogP contribution in [0.2, 0.25) is 0 Å². The number of hydrogen-bond acceptors (Lipinski definition) is 4. The fourth-order valence-electron chi connectivity index (χ4n) is 3.29. The summed E-state index contributed by atoms with van der Waals surface area (Å²) in [5.74, 6) is -0.282. The normalized spacial score (nSPS) is 17.2. The van der Waals surface area contributed by atoms with Crippen LogP contribution < -0.4 is 5.48 Å². The maximum absolute atomic E-state index is 12.6. The molecule has 6 nitrogen and oxygen atoms in total. The molecule has 2 aromatic rings. The summed E-state index contributed by atoms with van der Waals surface area (Å²) in [4.78, 5) is 29.9. The van der Waals surface area contributed by atoms with Gasteiger partial charge in [0.2, 0.25) is 5.91 Å². The van der Waals surface area contributed by atoms with E-state index >= 15 is 0 Å². The van der Waals surface area contributed by atoms with Crippen molar-refractivity contribution < 1.29 is 14.8 Å². The third-order valence-corrected chi connectivity index (χ3v) is 4.71. The Morgan fingerprint density at radius 3 is 2.46 bits per heavy atom. The highest BCUT2D eigenvalue weighted by Crippen LogP contribution is 2.26. The first kappa shape index (κ1) is 19.5. The van der Waals surface area contributed by atoms with Crippen molar-refractivity contribution in [2.24, 2.45) is 0 Å². The smallest absolute Gasteiger partial charge is 0.267 e. The summed E-state index contributed by atoms with van der Waals surface area (Å²) in [6.07, 6.45) is 7.97. The Bertz CT molecular complexity index is 878. The number of nitrogens with one attached hydrogen (secondary N) is 1. The molecule has 3 rings (SSSR count). The number of amides is 2. The lowest BCUT2D eigenvalue weighted by molar-refractivity contribution is -0.127. The van der Waals surface area contributed by atoms with E-state index in [9.17, 15) is 9.59 Å². The van der Waals surface area contributed by atoms with E-state index in [4.69, 9.17) is 5.21 Å². The lowest BCUT2D eigenvalue weighted by atomic mass is 9.90. The van der Waals surface area contributed by atoms with Crippen LogP contribution in [0.1, 0.15) is 35.7 Å². The minimum Gasteiger partial charge on any atom is -0.339 e. The molecule has 2 heterocycles. The minimum atomic E-state index is -0.629.